The highest BCUT2D eigenvalue weighted by Gasteiger charge is 2.06. The van der Waals surface area contributed by atoms with Crippen LogP contribution in [0.1, 0.15) is 10.4 Å². The molecule has 0 atom stereocenters. The Morgan fingerprint density at radius 2 is 1.67 bits per heavy atom. The first-order valence-electron chi connectivity index (χ1n) is 4.47. The number of carbonyl (C=O) groups excluding carboxylic acids is 2. The maximum atomic E-state index is 10.4. The van der Waals surface area contributed by atoms with Crippen molar-refractivity contribution in [2.45, 2.75) is 0 Å². The molecule has 1 aromatic carbocycles. The lowest BCUT2D eigenvalue weighted by Crippen LogP contribution is -2.14. The lowest BCUT2D eigenvalue weighted by molar-refractivity contribution is -0.115. The van der Waals surface area contributed by atoms with Crippen LogP contribution < -0.4 is 11.5 Å². The van der Waals surface area contributed by atoms with Gasteiger partial charge in [0.1, 0.15) is 0 Å². The fourth-order valence-corrected chi connectivity index (χ4v) is 1.80. The van der Waals surface area contributed by atoms with Crippen LogP contribution in [0, 0.1) is 0 Å². The molecular formula is C9H12N2O5S2. The third-order valence-corrected chi connectivity index (χ3v) is 3.36. The van der Waals surface area contributed by atoms with Crippen molar-refractivity contribution >= 4 is 31.8 Å². The first kappa shape index (κ1) is 16.4. The van der Waals surface area contributed by atoms with Gasteiger partial charge < -0.3 is 11.5 Å². The van der Waals surface area contributed by atoms with E-state index in [1.54, 1.807) is 24.3 Å². The summed E-state index contributed by atoms with van der Waals surface area (Å²) in [7, 11) is -4.01. The number of primary amides is 2. The number of carbonyl (C=O) groups is 2. The first-order valence-corrected chi connectivity index (χ1v) is 7.41. The van der Waals surface area contributed by atoms with Crippen molar-refractivity contribution in [3.8, 4) is 0 Å². The molecule has 0 spiro atoms. The van der Waals surface area contributed by atoms with E-state index >= 15 is 0 Å². The number of nitrogens with two attached hydrogens (primary N) is 2. The quantitative estimate of drug-likeness (QED) is 0.518. The summed E-state index contributed by atoms with van der Waals surface area (Å²) in [6.45, 7) is 0. The molecule has 0 aromatic heterocycles. The maximum absolute atomic E-state index is 10.4. The van der Waals surface area contributed by atoms with Gasteiger partial charge in [-0.05, 0) is 12.1 Å². The van der Waals surface area contributed by atoms with E-state index in [1.807, 2.05) is 6.07 Å². The second-order valence-corrected chi connectivity index (χ2v) is 6.24. The van der Waals surface area contributed by atoms with E-state index in [4.69, 9.17) is 10.3 Å². The van der Waals surface area contributed by atoms with Gasteiger partial charge in [0.25, 0.3) is 0 Å². The molecular weight excluding hydrogens is 280 g/mol. The van der Waals surface area contributed by atoms with Crippen LogP contribution in [-0.4, -0.2) is 30.5 Å². The van der Waals surface area contributed by atoms with Gasteiger partial charge in [-0.15, -0.1) is 0 Å². The van der Waals surface area contributed by atoms with Crippen LogP contribution >= 0.6 is 10.8 Å². The zero-order valence-corrected chi connectivity index (χ0v) is 10.8. The SMILES string of the molecule is NC(=O)CSS(=O)(=O)O.NC(=O)c1ccccc1. The second kappa shape index (κ2) is 7.69. The molecule has 0 bridgehead atoms. The van der Waals surface area contributed by atoms with E-state index in [-0.39, 0.29) is 16.7 Å². The Labute approximate surface area is 108 Å². The van der Waals surface area contributed by atoms with Crippen LogP contribution in [0.4, 0.5) is 0 Å². The monoisotopic (exact) mass is 292 g/mol. The Hall–Kier alpha value is -1.58. The third-order valence-electron chi connectivity index (χ3n) is 1.41. The van der Waals surface area contributed by atoms with Crippen LogP contribution in [0.15, 0.2) is 30.3 Å². The van der Waals surface area contributed by atoms with Gasteiger partial charge in [0, 0.05) is 16.4 Å². The normalized spacial score (nSPS) is 10.1. The smallest absolute Gasteiger partial charge is 0.320 e. The molecule has 100 valence electrons. The number of hydrogen-bond acceptors (Lipinski definition) is 5. The predicted octanol–water partition coefficient (Wildman–Crippen LogP) is -0.207. The molecule has 0 heterocycles. The molecule has 0 saturated carbocycles. The molecule has 1 rings (SSSR count). The zero-order chi connectivity index (χ0) is 14.2. The summed E-state index contributed by atoms with van der Waals surface area (Å²) in [5.41, 5.74) is 10.1. The van der Waals surface area contributed by atoms with Crippen molar-refractivity contribution in [1.29, 1.82) is 0 Å². The Morgan fingerprint density at radius 1 is 1.17 bits per heavy atom. The highest BCUT2D eigenvalue weighted by molar-refractivity contribution is 8.70. The third kappa shape index (κ3) is 9.63. The van der Waals surface area contributed by atoms with Crippen LogP contribution in [0.5, 0.6) is 0 Å². The summed E-state index contributed by atoms with van der Waals surface area (Å²) in [5.74, 6) is -1.58. The molecule has 0 fully saturated rings. The van der Waals surface area contributed by atoms with E-state index < -0.39 is 20.8 Å². The van der Waals surface area contributed by atoms with Crippen molar-refractivity contribution in [3.05, 3.63) is 35.9 Å². The van der Waals surface area contributed by atoms with Gasteiger partial charge in [-0.3, -0.25) is 14.1 Å². The summed E-state index contributed by atoms with van der Waals surface area (Å²) in [6.07, 6.45) is 0. The summed E-state index contributed by atoms with van der Waals surface area (Å²) in [5, 5.41) is 0. The average molecular weight is 292 g/mol. The van der Waals surface area contributed by atoms with Crippen LogP contribution in [-0.2, 0) is 13.9 Å². The van der Waals surface area contributed by atoms with Crippen LogP contribution in [0.25, 0.3) is 0 Å². The Balaban J connectivity index is 0.000000321. The molecule has 9 heteroatoms. The van der Waals surface area contributed by atoms with Gasteiger partial charge in [0.05, 0.1) is 5.75 Å². The Kier molecular flexibility index (Phi) is 7.01. The Bertz CT molecular complexity index is 501. The van der Waals surface area contributed by atoms with Crippen molar-refractivity contribution in [3.63, 3.8) is 0 Å². The number of amides is 2. The topological polar surface area (TPSA) is 141 Å². The van der Waals surface area contributed by atoms with Crippen molar-refractivity contribution in [1.82, 2.24) is 0 Å². The van der Waals surface area contributed by atoms with E-state index in [2.05, 4.69) is 5.73 Å². The summed E-state index contributed by atoms with van der Waals surface area (Å²) < 4.78 is 27.7. The summed E-state index contributed by atoms with van der Waals surface area (Å²) in [6, 6.07) is 8.76. The lowest BCUT2D eigenvalue weighted by atomic mass is 10.2. The summed E-state index contributed by atoms with van der Waals surface area (Å²) in [4.78, 5) is 20.3. The van der Waals surface area contributed by atoms with Crippen molar-refractivity contribution < 1.29 is 22.6 Å². The summed E-state index contributed by atoms with van der Waals surface area (Å²) >= 11 is 0. The van der Waals surface area contributed by atoms with Crippen LogP contribution in [0.3, 0.4) is 0 Å². The van der Waals surface area contributed by atoms with Gasteiger partial charge in [-0.2, -0.15) is 8.42 Å². The standard InChI is InChI=1S/C7H7NO.C2H5NO4S2/c8-7(9)6-4-2-1-3-5-6;3-2(4)1-8-9(5,6)7/h1-5H,(H2,8,9);1H2,(H2,3,4)(H,5,6,7). The molecule has 0 aliphatic rings. The predicted molar refractivity (Wildman–Crippen MR) is 68.2 cm³/mol. The molecule has 0 unspecified atom stereocenters. The molecule has 0 aliphatic carbocycles. The largest absolute Gasteiger partial charge is 0.369 e. The molecule has 0 aliphatic heterocycles. The number of benzene rings is 1. The molecule has 2 amide bonds. The minimum atomic E-state index is -4.10. The molecule has 7 nitrogen and oxygen atoms in total. The fraction of sp³-hybridized carbons (Fsp3) is 0.111. The van der Waals surface area contributed by atoms with Crippen LogP contribution in [0.2, 0.25) is 0 Å². The maximum Gasteiger partial charge on any atom is 0.320 e. The Morgan fingerprint density at radius 3 is 1.89 bits per heavy atom. The fourth-order valence-electron chi connectivity index (χ4n) is 0.735. The molecule has 0 radical (unpaired) electrons. The zero-order valence-electron chi connectivity index (χ0n) is 9.15. The highest BCUT2D eigenvalue weighted by Crippen LogP contribution is 2.06. The van der Waals surface area contributed by atoms with E-state index in [1.165, 1.54) is 0 Å². The number of hydrogen-bond donors (Lipinski definition) is 3. The van der Waals surface area contributed by atoms with Gasteiger partial charge in [0.2, 0.25) is 11.8 Å². The van der Waals surface area contributed by atoms with E-state index in [0.717, 1.165) is 0 Å². The number of rotatable bonds is 4. The molecule has 1 aromatic rings. The lowest BCUT2D eigenvalue weighted by Gasteiger charge is -1.89. The molecule has 5 N–H and O–H groups in total. The first-order chi connectivity index (χ1) is 8.22. The average Bonchev–Trinajstić information content (AvgIpc) is 2.27. The molecule has 0 saturated heterocycles. The van der Waals surface area contributed by atoms with Crippen molar-refractivity contribution in [2.24, 2.45) is 11.5 Å². The minimum absolute atomic E-state index is 0.0949. The highest BCUT2D eigenvalue weighted by atomic mass is 33.1. The van der Waals surface area contributed by atoms with E-state index in [9.17, 15) is 18.0 Å². The molecule has 18 heavy (non-hydrogen) atoms. The van der Waals surface area contributed by atoms with Gasteiger partial charge >= 0.3 is 9.15 Å². The van der Waals surface area contributed by atoms with Crippen molar-refractivity contribution in [2.75, 3.05) is 5.75 Å². The van der Waals surface area contributed by atoms with Gasteiger partial charge in [-0.25, -0.2) is 0 Å². The second-order valence-electron chi connectivity index (χ2n) is 2.89. The van der Waals surface area contributed by atoms with Gasteiger partial charge in [0.15, 0.2) is 0 Å². The minimum Gasteiger partial charge on any atom is -0.369 e. The van der Waals surface area contributed by atoms with Gasteiger partial charge in [-0.1, -0.05) is 18.2 Å². The van der Waals surface area contributed by atoms with E-state index in [0.29, 0.717) is 5.56 Å².